The lowest BCUT2D eigenvalue weighted by molar-refractivity contribution is 0.100. The molecule has 1 amide bonds. The Morgan fingerprint density at radius 2 is 2.03 bits per heavy atom. The number of halogens is 2. The molecule has 1 aromatic carbocycles. The molecule has 6 N–H and O–H groups in total. The van der Waals surface area contributed by atoms with Crippen molar-refractivity contribution in [1.82, 2.24) is 14.8 Å². The zero-order valence-corrected chi connectivity index (χ0v) is 16.9. The summed E-state index contributed by atoms with van der Waals surface area (Å²) in [6.07, 6.45) is 5.36. The number of aryl methyl sites for hydroxylation is 1. The van der Waals surface area contributed by atoms with Crippen LogP contribution in [0.3, 0.4) is 0 Å². The number of nitrogens with zero attached hydrogens (tertiary/aromatic N) is 3. The van der Waals surface area contributed by atoms with Crippen LogP contribution >= 0.6 is 0 Å². The maximum absolute atomic E-state index is 14.7. The van der Waals surface area contributed by atoms with E-state index in [9.17, 15) is 13.6 Å². The Balaban J connectivity index is 1.64. The van der Waals surface area contributed by atoms with Crippen molar-refractivity contribution in [3.05, 3.63) is 41.8 Å². The highest BCUT2D eigenvalue weighted by Crippen LogP contribution is 2.28. The van der Waals surface area contributed by atoms with E-state index in [1.54, 1.807) is 29.1 Å². The van der Waals surface area contributed by atoms with Crippen LogP contribution in [0.1, 0.15) is 36.0 Å². The topological polar surface area (TPSA) is 124 Å². The lowest BCUT2D eigenvalue weighted by Gasteiger charge is -2.30. The van der Waals surface area contributed by atoms with Gasteiger partial charge in [-0.25, -0.2) is 13.8 Å². The van der Waals surface area contributed by atoms with E-state index in [0.29, 0.717) is 5.69 Å². The number of anilines is 3. The number of benzene rings is 1. The van der Waals surface area contributed by atoms with Gasteiger partial charge in [0.1, 0.15) is 12.5 Å². The summed E-state index contributed by atoms with van der Waals surface area (Å²) in [6, 6.07) is 6.21. The van der Waals surface area contributed by atoms with E-state index in [1.807, 2.05) is 0 Å². The molecule has 0 bridgehead atoms. The number of alkyl halides is 1. The van der Waals surface area contributed by atoms with Crippen LogP contribution < -0.4 is 22.1 Å². The minimum atomic E-state index is -0.799. The number of aromatic nitrogens is 3. The molecule has 0 spiro atoms. The van der Waals surface area contributed by atoms with Gasteiger partial charge in [-0.1, -0.05) is 12.8 Å². The summed E-state index contributed by atoms with van der Waals surface area (Å²) in [4.78, 5) is 16.2. The van der Waals surface area contributed by atoms with Gasteiger partial charge < -0.3 is 22.1 Å². The predicted octanol–water partition coefficient (Wildman–Crippen LogP) is 3.06. The van der Waals surface area contributed by atoms with Gasteiger partial charge in [0.2, 0.25) is 0 Å². The van der Waals surface area contributed by atoms with E-state index in [1.165, 1.54) is 0 Å². The van der Waals surface area contributed by atoms with Crippen molar-refractivity contribution in [3.8, 4) is 0 Å². The molecule has 3 aromatic rings. The molecule has 0 aliphatic heterocycles. The molecule has 0 radical (unpaired) electrons. The van der Waals surface area contributed by atoms with Crippen molar-refractivity contribution < 1.29 is 13.6 Å². The number of hydrogen-bond donors (Lipinski definition) is 4. The highest BCUT2D eigenvalue weighted by atomic mass is 19.1. The van der Waals surface area contributed by atoms with E-state index in [0.717, 1.165) is 42.7 Å². The molecular formula is C21H25F2N7O. The fraction of sp³-hybridized carbons (Fsp3) is 0.381. The van der Waals surface area contributed by atoms with Gasteiger partial charge in [0.25, 0.3) is 5.91 Å². The molecule has 1 aliphatic rings. The Labute approximate surface area is 178 Å². The van der Waals surface area contributed by atoms with Crippen LogP contribution in [0.2, 0.25) is 0 Å². The minimum absolute atomic E-state index is 0.0201. The Bertz CT molecular complexity index is 1100. The number of rotatable bonds is 7. The fourth-order valence-corrected chi connectivity index (χ4v) is 3.95. The van der Waals surface area contributed by atoms with Crippen molar-refractivity contribution in [2.24, 2.45) is 11.5 Å². The van der Waals surface area contributed by atoms with E-state index >= 15 is 0 Å². The second-order valence-corrected chi connectivity index (χ2v) is 7.73. The molecule has 164 valence electrons. The molecule has 1 aliphatic carbocycles. The normalized spacial score (nSPS) is 18.8. The first-order valence-corrected chi connectivity index (χ1v) is 10.3. The van der Waals surface area contributed by atoms with Gasteiger partial charge >= 0.3 is 0 Å². The van der Waals surface area contributed by atoms with Crippen molar-refractivity contribution in [2.75, 3.05) is 17.3 Å². The number of hydrogen-bond acceptors (Lipinski definition) is 6. The van der Waals surface area contributed by atoms with Crippen molar-refractivity contribution in [2.45, 2.75) is 44.3 Å². The molecule has 1 fully saturated rings. The smallest absolute Gasteiger partial charge is 0.252 e. The third kappa shape index (κ3) is 4.43. The van der Waals surface area contributed by atoms with Gasteiger partial charge in [0, 0.05) is 23.2 Å². The van der Waals surface area contributed by atoms with E-state index in [2.05, 4.69) is 20.7 Å². The number of carbonyl (C=O) groups excluding carboxylic acids is 1. The monoisotopic (exact) mass is 429 g/mol. The first-order valence-electron chi connectivity index (χ1n) is 10.3. The summed E-state index contributed by atoms with van der Waals surface area (Å²) >= 11 is 0. The van der Waals surface area contributed by atoms with Gasteiger partial charge in [0.05, 0.1) is 23.8 Å². The standard InChI is InChI=1S/C21H25F2N7O/c22-7-8-30-18-6-5-13(9-12(18)11-26-30)27-20-14(19(25)31)10-15(23)21(29-20)28-17-4-2-1-3-16(17)24/h5-6,9-11,16-17H,1-4,7-8,24H2,(H2,25,31)(H2,27,28,29)/t16?,17-/m1/s1. The molecule has 2 atom stereocenters. The highest BCUT2D eigenvalue weighted by Gasteiger charge is 2.24. The zero-order chi connectivity index (χ0) is 22.0. The van der Waals surface area contributed by atoms with Crippen molar-refractivity contribution in [1.29, 1.82) is 0 Å². The summed E-state index contributed by atoms with van der Waals surface area (Å²) in [5.41, 5.74) is 12.9. The van der Waals surface area contributed by atoms with Crippen LogP contribution in [0.5, 0.6) is 0 Å². The van der Waals surface area contributed by atoms with Gasteiger partial charge in [-0.2, -0.15) is 5.10 Å². The molecule has 2 aromatic heterocycles. The quantitative estimate of drug-likeness (QED) is 0.458. The average Bonchev–Trinajstić information content (AvgIpc) is 3.14. The molecule has 1 unspecified atom stereocenters. The van der Waals surface area contributed by atoms with Crippen LogP contribution in [-0.4, -0.2) is 39.4 Å². The summed E-state index contributed by atoms with van der Waals surface area (Å²) in [7, 11) is 0. The summed E-state index contributed by atoms with van der Waals surface area (Å²) in [6.45, 7) is -0.349. The van der Waals surface area contributed by atoms with E-state index < -0.39 is 18.4 Å². The maximum Gasteiger partial charge on any atom is 0.252 e. The number of nitrogens with two attached hydrogens (primary N) is 2. The number of carbonyl (C=O) groups is 1. The molecule has 2 heterocycles. The van der Waals surface area contributed by atoms with Crippen LogP contribution in [-0.2, 0) is 6.54 Å². The van der Waals surface area contributed by atoms with Gasteiger partial charge in [-0.3, -0.25) is 9.48 Å². The largest absolute Gasteiger partial charge is 0.365 e. The molecular weight excluding hydrogens is 404 g/mol. The maximum atomic E-state index is 14.7. The second kappa shape index (κ2) is 8.84. The number of nitrogens with one attached hydrogen (secondary N) is 2. The molecule has 1 saturated carbocycles. The van der Waals surface area contributed by atoms with Gasteiger partial charge in [-0.05, 0) is 37.1 Å². The minimum Gasteiger partial charge on any atom is -0.365 e. The summed E-state index contributed by atoms with van der Waals surface area (Å²) < 4.78 is 28.9. The molecule has 31 heavy (non-hydrogen) atoms. The van der Waals surface area contributed by atoms with Crippen LogP contribution in [0.25, 0.3) is 10.9 Å². The SMILES string of the molecule is NC(=O)c1cc(F)c(N[C@@H]2CCCCC2N)nc1Nc1ccc2c(cnn2CCF)c1. The first kappa shape index (κ1) is 21.0. The van der Waals surface area contributed by atoms with Gasteiger partial charge in [-0.15, -0.1) is 0 Å². The average molecular weight is 429 g/mol. The van der Waals surface area contributed by atoms with E-state index in [4.69, 9.17) is 11.5 Å². The van der Waals surface area contributed by atoms with Crippen LogP contribution in [0.4, 0.5) is 26.1 Å². The highest BCUT2D eigenvalue weighted by molar-refractivity contribution is 5.99. The molecule has 10 heteroatoms. The van der Waals surface area contributed by atoms with Crippen LogP contribution in [0.15, 0.2) is 30.5 Å². The lowest BCUT2D eigenvalue weighted by atomic mass is 9.91. The van der Waals surface area contributed by atoms with Crippen molar-refractivity contribution >= 4 is 34.1 Å². The Hall–Kier alpha value is -3.27. The van der Waals surface area contributed by atoms with E-state index in [-0.39, 0.29) is 35.8 Å². The van der Waals surface area contributed by atoms with Crippen molar-refractivity contribution in [3.63, 3.8) is 0 Å². The molecule has 4 rings (SSSR count). The molecule has 8 nitrogen and oxygen atoms in total. The predicted molar refractivity (Wildman–Crippen MR) is 116 cm³/mol. The van der Waals surface area contributed by atoms with Gasteiger partial charge in [0.15, 0.2) is 11.6 Å². The number of amides is 1. The fourth-order valence-electron chi connectivity index (χ4n) is 3.95. The number of fused-ring (bicyclic) bond motifs is 1. The lowest BCUT2D eigenvalue weighted by Crippen LogP contribution is -2.43. The second-order valence-electron chi connectivity index (χ2n) is 7.73. The summed E-state index contributed by atoms with van der Waals surface area (Å²) in [5.74, 6) is -1.31. The Morgan fingerprint density at radius 1 is 1.23 bits per heavy atom. The third-order valence-corrected chi connectivity index (χ3v) is 5.58. The number of pyridine rings is 1. The Kier molecular flexibility index (Phi) is 5.99. The Morgan fingerprint density at radius 3 is 2.77 bits per heavy atom. The molecule has 0 saturated heterocycles. The number of primary amides is 1. The summed E-state index contributed by atoms with van der Waals surface area (Å²) in [5, 5.41) is 11.1. The zero-order valence-electron chi connectivity index (χ0n) is 16.9. The third-order valence-electron chi connectivity index (χ3n) is 5.58. The van der Waals surface area contributed by atoms with Crippen LogP contribution in [0, 0.1) is 5.82 Å². The first-order chi connectivity index (χ1) is 15.0.